The van der Waals surface area contributed by atoms with Crippen molar-refractivity contribution in [1.82, 2.24) is 0 Å². The molecule has 27 heavy (non-hydrogen) atoms. The smallest absolute Gasteiger partial charge is 0.415 e. The van der Waals surface area contributed by atoms with Crippen molar-refractivity contribution in [1.29, 1.82) is 0 Å². The molecule has 1 aliphatic carbocycles. The van der Waals surface area contributed by atoms with Crippen molar-refractivity contribution in [3.05, 3.63) is 29.8 Å². The van der Waals surface area contributed by atoms with Crippen molar-refractivity contribution in [2.45, 2.75) is 51.2 Å². The van der Waals surface area contributed by atoms with Crippen LogP contribution in [0.15, 0.2) is 24.3 Å². The Labute approximate surface area is 158 Å². The maximum Gasteiger partial charge on any atom is 0.415 e. The number of methoxy groups -OCH3 is 1. The number of rotatable bonds is 3. The van der Waals surface area contributed by atoms with Gasteiger partial charge < -0.3 is 14.2 Å². The maximum atomic E-state index is 13.0. The molecule has 1 saturated carbocycles. The number of esters is 2. The standard InChI is InChI=1S/C20H25NO6/c1-6-26-16(22)13-11-20(17(23)25-5)15(13)12-9-7-8-10-14(12)21(20)18(24)27-19(2,3)4/h7-10,13,15H,6,11H2,1-5H3/t13-,15?,20-/m1/s1. The van der Waals surface area contributed by atoms with Crippen LogP contribution >= 0.6 is 0 Å². The van der Waals surface area contributed by atoms with Crippen LogP contribution in [-0.2, 0) is 23.8 Å². The second-order valence-corrected chi connectivity index (χ2v) is 7.83. The van der Waals surface area contributed by atoms with Gasteiger partial charge in [-0.05, 0) is 45.7 Å². The van der Waals surface area contributed by atoms with Gasteiger partial charge in [-0.2, -0.15) is 0 Å². The number of benzene rings is 1. The molecule has 1 aromatic rings. The first-order valence-corrected chi connectivity index (χ1v) is 9.04. The quantitative estimate of drug-likeness (QED) is 0.597. The highest BCUT2D eigenvalue weighted by Crippen LogP contribution is 2.63. The third-order valence-corrected chi connectivity index (χ3v) is 5.06. The van der Waals surface area contributed by atoms with E-state index in [0.717, 1.165) is 5.56 Å². The number of hydrogen-bond acceptors (Lipinski definition) is 6. The molecule has 1 aromatic carbocycles. The minimum absolute atomic E-state index is 0.136. The van der Waals surface area contributed by atoms with Gasteiger partial charge in [-0.15, -0.1) is 0 Å². The molecule has 3 rings (SSSR count). The lowest BCUT2D eigenvalue weighted by molar-refractivity contribution is -0.164. The Morgan fingerprint density at radius 2 is 1.89 bits per heavy atom. The largest absolute Gasteiger partial charge is 0.467 e. The van der Waals surface area contributed by atoms with Crippen LogP contribution in [0.3, 0.4) is 0 Å². The van der Waals surface area contributed by atoms with Crippen molar-refractivity contribution in [3.63, 3.8) is 0 Å². The number of para-hydroxylation sites is 1. The molecule has 146 valence electrons. The third kappa shape index (κ3) is 2.85. The van der Waals surface area contributed by atoms with E-state index < -0.39 is 35.0 Å². The molecule has 7 heteroatoms. The Balaban J connectivity index is 2.09. The van der Waals surface area contributed by atoms with Crippen LogP contribution in [0.2, 0.25) is 0 Å². The summed E-state index contributed by atoms with van der Waals surface area (Å²) in [6.07, 6.45) is -0.498. The molecule has 0 N–H and O–H groups in total. The normalized spacial score (nSPS) is 25.7. The lowest BCUT2D eigenvalue weighted by Crippen LogP contribution is -2.68. The van der Waals surface area contributed by atoms with E-state index in [2.05, 4.69) is 0 Å². The van der Waals surface area contributed by atoms with Gasteiger partial charge in [0.25, 0.3) is 0 Å². The Morgan fingerprint density at radius 1 is 1.22 bits per heavy atom. The topological polar surface area (TPSA) is 82.1 Å². The monoisotopic (exact) mass is 375 g/mol. The van der Waals surface area contributed by atoms with E-state index in [1.54, 1.807) is 39.8 Å². The van der Waals surface area contributed by atoms with Gasteiger partial charge in [0.2, 0.25) is 0 Å². The fourth-order valence-corrected chi connectivity index (χ4v) is 4.14. The molecule has 1 fully saturated rings. The summed E-state index contributed by atoms with van der Waals surface area (Å²) < 4.78 is 15.8. The van der Waals surface area contributed by atoms with Gasteiger partial charge >= 0.3 is 18.0 Å². The summed E-state index contributed by atoms with van der Waals surface area (Å²) in [5.74, 6) is -1.97. The molecule has 3 atom stereocenters. The minimum Gasteiger partial charge on any atom is -0.467 e. The summed E-state index contributed by atoms with van der Waals surface area (Å²) >= 11 is 0. The highest BCUT2D eigenvalue weighted by atomic mass is 16.6. The lowest BCUT2D eigenvalue weighted by Gasteiger charge is -2.50. The van der Waals surface area contributed by atoms with Crippen molar-refractivity contribution < 1.29 is 28.6 Å². The van der Waals surface area contributed by atoms with E-state index in [1.807, 2.05) is 12.1 Å². The average molecular weight is 375 g/mol. The van der Waals surface area contributed by atoms with Crippen molar-refractivity contribution >= 4 is 23.7 Å². The zero-order valence-electron chi connectivity index (χ0n) is 16.3. The molecule has 2 aliphatic rings. The van der Waals surface area contributed by atoms with Gasteiger partial charge in [0.15, 0.2) is 5.54 Å². The van der Waals surface area contributed by atoms with Gasteiger partial charge in [0, 0.05) is 5.92 Å². The van der Waals surface area contributed by atoms with Crippen LogP contribution in [-0.4, -0.2) is 42.9 Å². The van der Waals surface area contributed by atoms with E-state index in [0.29, 0.717) is 5.69 Å². The summed E-state index contributed by atoms with van der Waals surface area (Å²) in [7, 11) is 1.28. The Kier molecular flexibility index (Phi) is 4.66. The van der Waals surface area contributed by atoms with E-state index in [-0.39, 0.29) is 19.0 Å². The molecular formula is C20H25NO6. The van der Waals surface area contributed by atoms with Crippen LogP contribution in [0.5, 0.6) is 0 Å². The molecule has 7 nitrogen and oxygen atoms in total. The van der Waals surface area contributed by atoms with Crippen molar-refractivity contribution in [2.24, 2.45) is 5.92 Å². The lowest BCUT2D eigenvalue weighted by atomic mass is 9.58. The zero-order chi connectivity index (χ0) is 20.0. The van der Waals surface area contributed by atoms with E-state index >= 15 is 0 Å². The number of nitrogens with zero attached hydrogens (tertiary/aromatic N) is 1. The molecule has 1 heterocycles. The Hall–Kier alpha value is -2.57. The first-order chi connectivity index (χ1) is 12.7. The molecule has 0 spiro atoms. The third-order valence-electron chi connectivity index (χ3n) is 5.06. The van der Waals surface area contributed by atoms with Crippen LogP contribution in [0.1, 0.15) is 45.6 Å². The molecule has 1 amide bonds. The van der Waals surface area contributed by atoms with E-state index in [1.165, 1.54) is 12.0 Å². The molecule has 1 unspecified atom stereocenters. The molecule has 0 saturated heterocycles. The molecule has 1 aliphatic heterocycles. The summed E-state index contributed by atoms with van der Waals surface area (Å²) in [5, 5.41) is 0. The number of hydrogen-bond donors (Lipinski definition) is 0. The first kappa shape index (κ1) is 19.2. The van der Waals surface area contributed by atoms with Crippen molar-refractivity contribution in [2.75, 3.05) is 18.6 Å². The fraction of sp³-hybridized carbons (Fsp3) is 0.550. The predicted molar refractivity (Wildman–Crippen MR) is 97.4 cm³/mol. The Morgan fingerprint density at radius 3 is 2.48 bits per heavy atom. The van der Waals surface area contributed by atoms with Crippen LogP contribution < -0.4 is 4.90 Å². The second-order valence-electron chi connectivity index (χ2n) is 7.83. The number of carbonyl (C=O) groups is 3. The van der Waals surface area contributed by atoms with Gasteiger partial charge in [0.05, 0.1) is 25.3 Å². The molecule has 0 radical (unpaired) electrons. The van der Waals surface area contributed by atoms with Crippen LogP contribution in [0.4, 0.5) is 10.5 Å². The van der Waals surface area contributed by atoms with Gasteiger partial charge in [-0.25, -0.2) is 9.59 Å². The summed E-state index contributed by atoms with van der Waals surface area (Å²) in [6, 6.07) is 7.18. The highest BCUT2D eigenvalue weighted by molar-refractivity contribution is 6.06. The number of ether oxygens (including phenoxy) is 3. The summed E-state index contributed by atoms with van der Waals surface area (Å²) in [6.45, 7) is 7.27. The zero-order valence-corrected chi connectivity index (χ0v) is 16.3. The molecule has 0 aromatic heterocycles. The minimum atomic E-state index is -1.29. The first-order valence-electron chi connectivity index (χ1n) is 9.04. The Bertz CT molecular complexity index is 783. The summed E-state index contributed by atoms with van der Waals surface area (Å²) in [4.78, 5) is 39.7. The maximum absolute atomic E-state index is 13.0. The van der Waals surface area contributed by atoms with Gasteiger partial charge in [-0.3, -0.25) is 9.69 Å². The number of amides is 1. The van der Waals surface area contributed by atoms with Gasteiger partial charge in [-0.1, -0.05) is 18.2 Å². The van der Waals surface area contributed by atoms with Crippen LogP contribution in [0.25, 0.3) is 0 Å². The predicted octanol–water partition coefficient (Wildman–Crippen LogP) is 3.02. The molecular weight excluding hydrogens is 350 g/mol. The van der Waals surface area contributed by atoms with Crippen molar-refractivity contribution in [3.8, 4) is 0 Å². The second kappa shape index (κ2) is 6.55. The molecule has 0 bridgehead atoms. The average Bonchev–Trinajstić information content (AvgIpc) is 2.78. The highest BCUT2D eigenvalue weighted by Gasteiger charge is 2.72. The van der Waals surface area contributed by atoms with E-state index in [4.69, 9.17) is 14.2 Å². The number of anilines is 1. The van der Waals surface area contributed by atoms with Gasteiger partial charge in [0.1, 0.15) is 5.60 Å². The SMILES string of the molecule is CCOC(=O)[C@@H]1C[C@]2(C(=O)OC)C1c1ccccc1N2C(=O)OC(C)(C)C. The van der Waals surface area contributed by atoms with E-state index in [9.17, 15) is 14.4 Å². The fourth-order valence-electron chi connectivity index (χ4n) is 4.14. The number of fused-ring (bicyclic) bond motifs is 3. The number of carbonyl (C=O) groups excluding carboxylic acids is 3. The summed E-state index contributed by atoms with van der Waals surface area (Å²) in [5.41, 5.74) is -0.712. The van der Waals surface area contributed by atoms with Crippen LogP contribution in [0, 0.1) is 5.92 Å².